The van der Waals surface area contributed by atoms with Gasteiger partial charge in [0.1, 0.15) is 11.9 Å². The Hall–Kier alpha value is -2.09. The Morgan fingerprint density at radius 3 is 2.93 bits per heavy atom. The monoisotopic (exact) mass is 205 g/mol. The van der Waals surface area contributed by atoms with Gasteiger partial charge in [0.25, 0.3) is 0 Å². The molecule has 2 rings (SSSR count). The Morgan fingerprint density at radius 1 is 1.53 bits per heavy atom. The molecule has 1 aromatic rings. The maximum atomic E-state index is 12.8. The van der Waals surface area contributed by atoms with Crippen LogP contribution in [0, 0.1) is 17.1 Å². The number of hydrogen-bond donors (Lipinski definition) is 1. The van der Waals surface area contributed by atoms with Crippen LogP contribution in [-0.2, 0) is 0 Å². The van der Waals surface area contributed by atoms with Crippen molar-refractivity contribution in [2.75, 3.05) is 18.0 Å². The number of amides is 2. The first-order valence-corrected chi connectivity index (χ1v) is 4.47. The summed E-state index contributed by atoms with van der Waals surface area (Å²) in [5, 5.41) is 11.4. The summed E-state index contributed by atoms with van der Waals surface area (Å²) in [4.78, 5) is 12.8. The van der Waals surface area contributed by atoms with E-state index in [1.165, 1.54) is 17.0 Å². The van der Waals surface area contributed by atoms with Gasteiger partial charge in [0, 0.05) is 13.1 Å². The Balaban J connectivity index is 2.44. The van der Waals surface area contributed by atoms with Gasteiger partial charge in [-0.25, -0.2) is 9.18 Å². The van der Waals surface area contributed by atoms with Crippen molar-refractivity contribution in [3.05, 3.63) is 29.6 Å². The first-order chi connectivity index (χ1) is 7.22. The number of benzene rings is 1. The summed E-state index contributed by atoms with van der Waals surface area (Å²) >= 11 is 0. The minimum Gasteiger partial charge on any atom is -0.336 e. The maximum Gasteiger partial charge on any atom is 0.322 e. The van der Waals surface area contributed by atoms with Gasteiger partial charge in [-0.3, -0.25) is 4.90 Å². The first kappa shape index (κ1) is 9.46. The fourth-order valence-electron chi connectivity index (χ4n) is 1.53. The standard InChI is InChI=1S/C10H8FN3O/c11-8-1-2-9(7(5-8)6-12)14-4-3-13-10(14)15/h1-2,5H,3-4H2,(H,13,15). The molecule has 1 aromatic carbocycles. The Morgan fingerprint density at radius 2 is 2.33 bits per heavy atom. The quantitative estimate of drug-likeness (QED) is 0.749. The molecule has 0 radical (unpaired) electrons. The topological polar surface area (TPSA) is 56.1 Å². The van der Waals surface area contributed by atoms with Gasteiger partial charge in [-0.2, -0.15) is 5.26 Å². The lowest BCUT2D eigenvalue weighted by Crippen LogP contribution is -2.28. The van der Waals surface area contributed by atoms with Crippen LogP contribution < -0.4 is 10.2 Å². The first-order valence-electron chi connectivity index (χ1n) is 4.47. The molecule has 1 saturated heterocycles. The Labute approximate surface area is 85.9 Å². The number of carbonyl (C=O) groups excluding carboxylic acids is 1. The molecule has 1 N–H and O–H groups in total. The van der Waals surface area contributed by atoms with E-state index in [1.807, 2.05) is 6.07 Å². The lowest BCUT2D eigenvalue weighted by molar-refractivity contribution is 0.252. The van der Waals surface area contributed by atoms with Crippen LogP contribution in [0.25, 0.3) is 0 Å². The van der Waals surface area contributed by atoms with Gasteiger partial charge in [0.2, 0.25) is 0 Å². The third-order valence-corrected chi connectivity index (χ3v) is 2.23. The summed E-state index contributed by atoms with van der Waals surface area (Å²) in [6.45, 7) is 1.04. The summed E-state index contributed by atoms with van der Waals surface area (Å²) in [5.41, 5.74) is 0.626. The second-order valence-corrected chi connectivity index (χ2v) is 3.16. The number of rotatable bonds is 1. The highest BCUT2D eigenvalue weighted by Crippen LogP contribution is 2.22. The van der Waals surface area contributed by atoms with Crippen molar-refractivity contribution < 1.29 is 9.18 Å². The van der Waals surface area contributed by atoms with E-state index in [0.29, 0.717) is 18.8 Å². The normalized spacial score (nSPS) is 14.9. The number of urea groups is 1. The second-order valence-electron chi connectivity index (χ2n) is 3.16. The van der Waals surface area contributed by atoms with Crippen LogP contribution in [0.3, 0.4) is 0 Å². The van der Waals surface area contributed by atoms with E-state index in [0.717, 1.165) is 6.07 Å². The van der Waals surface area contributed by atoms with Crippen LogP contribution in [-0.4, -0.2) is 19.1 Å². The molecule has 76 valence electrons. The number of nitrogens with one attached hydrogen (secondary N) is 1. The molecule has 0 spiro atoms. The van der Waals surface area contributed by atoms with Crippen molar-refractivity contribution in [1.82, 2.24) is 5.32 Å². The molecule has 1 aliphatic heterocycles. The molecule has 15 heavy (non-hydrogen) atoms. The van der Waals surface area contributed by atoms with Crippen molar-refractivity contribution in [3.8, 4) is 6.07 Å². The number of anilines is 1. The molecule has 0 aromatic heterocycles. The average molecular weight is 205 g/mol. The van der Waals surface area contributed by atoms with Gasteiger partial charge in [-0.15, -0.1) is 0 Å². The van der Waals surface area contributed by atoms with Gasteiger partial charge in [-0.05, 0) is 18.2 Å². The van der Waals surface area contributed by atoms with E-state index in [1.54, 1.807) is 0 Å². The summed E-state index contributed by atoms with van der Waals surface area (Å²) in [5.74, 6) is -0.477. The van der Waals surface area contributed by atoms with E-state index in [4.69, 9.17) is 5.26 Å². The van der Waals surface area contributed by atoms with E-state index >= 15 is 0 Å². The zero-order valence-electron chi connectivity index (χ0n) is 7.83. The molecular weight excluding hydrogens is 197 g/mol. The molecule has 4 nitrogen and oxygen atoms in total. The number of hydrogen-bond acceptors (Lipinski definition) is 2. The molecule has 0 bridgehead atoms. The van der Waals surface area contributed by atoms with E-state index in [2.05, 4.69) is 5.32 Å². The van der Waals surface area contributed by atoms with Crippen molar-refractivity contribution in [2.24, 2.45) is 0 Å². The number of nitrogens with zero attached hydrogens (tertiary/aromatic N) is 2. The number of halogens is 1. The van der Waals surface area contributed by atoms with Crippen molar-refractivity contribution >= 4 is 11.7 Å². The van der Waals surface area contributed by atoms with E-state index in [9.17, 15) is 9.18 Å². The largest absolute Gasteiger partial charge is 0.336 e. The molecule has 1 aliphatic rings. The van der Waals surface area contributed by atoms with Gasteiger partial charge < -0.3 is 5.32 Å². The summed E-state index contributed by atoms with van der Waals surface area (Å²) in [6.07, 6.45) is 0. The van der Waals surface area contributed by atoms with Crippen molar-refractivity contribution in [1.29, 1.82) is 5.26 Å². The Bertz CT molecular complexity index is 452. The number of carbonyl (C=O) groups is 1. The minimum atomic E-state index is -0.477. The zero-order valence-corrected chi connectivity index (χ0v) is 7.83. The highest BCUT2D eigenvalue weighted by molar-refractivity contribution is 5.95. The van der Waals surface area contributed by atoms with Gasteiger partial charge in [-0.1, -0.05) is 0 Å². The van der Waals surface area contributed by atoms with Crippen LogP contribution in [0.1, 0.15) is 5.56 Å². The highest BCUT2D eigenvalue weighted by Gasteiger charge is 2.23. The van der Waals surface area contributed by atoms with Crippen LogP contribution in [0.15, 0.2) is 18.2 Å². The fourth-order valence-corrected chi connectivity index (χ4v) is 1.53. The summed E-state index contributed by atoms with van der Waals surface area (Å²) < 4.78 is 12.8. The third kappa shape index (κ3) is 1.62. The SMILES string of the molecule is N#Cc1cc(F)ccc1N1CCNC1=O. The van der Waals surface area contributed by atoms with Crippen LogP contribution in [0.5, 0.6) is 0 Å². The zero-order chi connectivity index (χ0) is 10.8. The number of nitriles is 1. The second kappa shape index (κ2) is 3.58. The molecular formula is C10H8FN3O. The molecule has 2 amide bonds. The Kier molecular flexibility index (Phi) is 2.26. The van der Waals surface area contributed by atoms with Crippen LogP contribution >= 0.6 is 0 Å². The molecule has 0 saturated carbocycles. The lowest BCUT2D eigenvalue weighted by atomic mass is 10.2. The van der Waals surface area contributed by atoms with Gasteiger partial charge in [0.15, 0.2) is 0 Å². The van der Waals surface area contributed by atoms with E-state index in [-0.39, 0.29) is 11.6 Å². The predicted molar refractivity (Wildman–Crippen MR) is 51.9 cm³/mol. The van der Waals surface area contributed by atoms with Gasteiger partial charge in [0.05, 0.1) is 11.3 Å². The smallest absolute Gasteiger partial charge is 0.322 e. The minimum absolute atomic E-state index is 0.173. The van der Waals surface area contributed by atoms with Crippen molar-refractivity contribution in [3.63, 3.8) is 0 Å². The molecule has 1 heterocycles. The molecule has 0 unspecified atom stereocenters. The lowest BCUT2D eigenvalue weighted by Gasteiger charge is -2.15. The van der Waals surface area contributed by atoms with Crippen LogP contribution in [0.4, 0.5) is 14.9 Å². The molecule has 1 fully saturated rings. The summed E-state index contributed by atoms with van der Waals surface area (Å²) in [6, 6.07) is 5.43. The van der Waals surface area contributed by atoms with Gasteiger partial charge >= 0.3 is 6.03 Å². The summed E-state index contributed by atoms with van der Waals surface area (Å²) in [7, 11) is 0. The molecule has 0 atom stereocenters. The maximum absolute atomic E-state index is 12.8. The molecule has 5 heteroatoms. The predicted octanol–water partition coefficient (Wildman–Crippen LogP) is 1.23. The third-order valence-electron chi connectivity index (χ3n) is 2.23. The van der Waals surface area contributed by atoms with E-state index < -0.39 is 5.82 Å². The fraction of sp³-hybridized carbons (Fsp3) is 0.200. The van der Waals surface area contributed by atoms with Crippen LogP contribution in [0.2, 0.25) is 0 Å². The molecule has 0 aliphatic carbocycles. The average Bonchev–Trinajstić information content (AvgIpc) is 2.64. The van der Waals surface area contributed by atoms with Crippen molar-refractivity contribution in [2.45, 2.75) is 0 Å². The highest BCUT2D eigenvalue weighted by atomic mass is 19.1.